The highest BCUT2D eigenvalue weighted by atomic mass is 35.5. The highest BCUT2D eigenvalue weighted by Gasteiger charge is 2.42. The van der Waals surface area contributed by atoms with Crippen LogP contribution in [-0.4, -0.2) is 34.9 Å². The smallest absolute Gasteiger partial charge is 0.257 e. The molecule has 3 heterocycles. The fourth-order valence-corrected chi connectivity index (χ4v) is 5.72. The van der Waals surface area contributed by atoms with Gasteiger partial charge in [-0.25, -0.2) is 0 Å². The van der Waals surface area contributed by atoms with Crippen molar-refractivity contribution in [1.29, 1.82) is 0 Å². The largest absolute Gasteiger partial charge is 0.350 e. The molecule has 0 radical (unpaired) electrons. The third-order valence-corrected chi connectivity index (χ3v) is 7.51. The van der Waals surface area contributed by atoms with E-state index in [-0.39, 0.29) is 24.5 Å². The topological polar surface area (TPSA) is 57.6 Å². The Hall–Kier alpha value is -3.77. The molecular formula is C28H25ClN4O2. The Morgan fingerprint density at radius 1 is 1.03 bits per heavy atom. The average Bonchev–Trinajstić information content (AvgIpc) is 3.20. The Balaban J connectivity index is 1.40. The molecule has 0 fully saturated rings. The lowest BCUT2D eigenvalue weighted by Gasteiger charge is -2.46. The van der Waals surface area contributed by atoms with Crippen molar-refractivity contribution >= 4 is 40.0 Å². The molecule has 0 spiro atoms. The second-order valence-corrected chi connectivity index (χ2v) is 9.49. The maximum atomic E-state index is 13.4. The summed E-state index contributed by atoms with van der Waals surface area (Å²) in [7, 11) is 2.03. The summed E-state index contributed by atoms with van der Waals surface area (Å²) in [6.07, 6.45) is 0.479. The van der Waals surface area contributed by atoms with E-state index in [9.17, 15) is 9.59 Å². The molecule has 35 heavy (non-hydrogen) atoms. The number of carbonyl (C=O) groups excluding carboxylic acids is 2. The number of fused-ring (bicyclic) bond motifs is 6. The Kier molecular flexibility index (Phi) is 5.26. The molecule has 1 aromatic heterocycles. The van der Waals surface area contributed by atoms with Gasteiger partial charge in [0, 0.05) is 36.1 Å². The third kappa shape index (κ3) is 3.48. The summed E-state index contributed by atoms with van der Waals surface area (Å²) in [4.78, 5) is 30.7. The van der Waals surface area contributed by atoms with Gasteiger partial charge >= 0.3 is 0 Å². The molecule has 2 amide bonds. The number of carbonyl (C=O) groups is 2. The Bertz CT molecular complexity index is 1480. The van der Waals surface area contributed by atoms with Gasteiger partial charge in [-0.3, -0.25) is 9.59 Å². The zero-order valence-corrected chi connectivity index (χ0v) is 20.1. The summed E-state index contributed by atoms with van der Waals surface area (Å²) in [5.74, 6) is -0.0647. The van der Waals surface area contributed by atoms with E-state index in [1.165, 1.54) is 5.56 Å². The number of hydrogen-bond acceptors (Lipinski definition) is 3. The molecular weight excluding hydrogens is 460 g/mol. The van der Waals surface area contributed by atoms with Crippen LogP contribution in [0.4, 0.5) is 5.69 Å². The lowest BCUT2D eigenvalue weighted by atomic mass is 9.96. The normalized spacial score (nSPS) is 16.6. The van der Waals surface area contributed by atoms with E-state index in [2.05, 4.69) is 26.9 Å². The van der Waals surface area contributed by atoms with Gasteiger partial charge in [0.2, 0.25) is 5.91 Å². The monoisotopic (exact) mass is 484 g/mol. The molecule has 1 N–H and O–H groups in total. The number of benzene rings is 3. The van der Waals surface area contributed by atoms with E-state index in [0.29, 0.717) is 18.1 Å². The number of para-hydroxylation sites is 2. The van der Waals surface area contributed by atoms with E-state index in [4.69, 9.17) is 11.6 Å². The molecule has 7 heteroatoms. The number of halogens is 1. The minimum Gasteiger partial charge on any atom is -0.350 e. The number of hydrogen-bond donors (Lipinski definition) is 1. The molecule has 2 aliphatic rings. The van der Waals surface area contributed by atoms with Crippen molar-refractivity contribution in [2.45, 2.75) is 25.7 Å². The molecule has 2 aliphatic heterocycles. The van der Waals surface area contributed by atoms with Crippen molar-refractivity contribution in [2.24, 2.45) is 0 Å². The predicted molar refractivity (Wildman–Crippen MR) is 138 cm³/mol. The van der Waals surface area contributed by atoms with Crippen LogP contribution in [0.15, 0.2) is 72.8 Å². The van der Waals surface area contributed by atoms with Crippen LogP contribution in [0.3, 0.4) is 0 Å². The molecule has 176 valence electrons. The van der Waals surface area contributed by atoms with Gasteiger partial charge in [0.25, 0.3) is 5.91 Å². The van der Waals surface area contributed by atoms with Crippen molar-refractivity contribution in [3.8, 4) is 0 Å². The minimum absolute atomic E-state index is 0.0364. The molecule has 0 saturated heterocycles. The summed E-state index contributed by atoms with van der Waals surface area (Å²) >= 11 is 6.27. The first-order valence-electron chi connectivity index (χ1n) is 11.8. The lowest BCUT2D eigenvalue weighted by molar-refractivity contribution is -0.121. The van der Waals surface area contributed by atoms with Crippen molar-refractivity contribution in [3.05, 3.63) is 100 Å². The molecule has 3 aromatic carbocycles. The van der Waals surface area contributed by atoms with E-state index in [1.807, 2.05) is 72.6 Å². The number of anilines is 1. The highest BCUT2D eigenvalue weighted by Crippen LogP contribution is 2.44. The van der Waals surface area contributed by atoms with E-state index in [0.717, 1.165) is 39.8 Å². The van der Waals surface area contributed by atoms with Crippen molar-refractivity contribution < 1.29 is 9.59 Å². The molecule has 6 rings (SSSR count). The molecule has 1 atom stereocenters. The first kappa shape index (κ1) is 21.7. The Morgan fingerprint density at radius 3 is 2.63 bits per heavy atom. The van der Waals surface area contributed by atoms with Crippen molar-refractivity contribution in [1.82, 2.24) is 14.8 Å². The van der Waals surface area contributed by atoms with Gasteiger partial charge in [0.05, 0.1) is 16.9 Å². The number of rotatable bonds is 4. The Morgan fingerprint density at radius 2 is 1.77 bits per heavy atom. The fourth-order valence-electron chi connectivity index (χ4n) is 5.51. The van der Waals surface area contributed by atoms with E-state index >= 15 is 0 Å². The van der Waals surface area contributed by atoms with Gasteiger partial charge < -0.3 is 19.7 Å². The number of nitrogens with zero attached hydrogens (tertiary/aromatic N) is 3. The molecule has 0 saturated carbocycles. The van der Waals surface area contributed by atoms with Crippen LogP contribution in [0.5, 0.6) is 0 Å². The van der Waals surface area contributed by atoms with E-state index < -0.39 is 0 Å². The van der Waals surface area contributed by atoms with Crippen LogP contribution in [0.25, 0.3) is 10.9 Å². The summed E-state index contributed by atoms with van der Waals surface area (Å²) in [5.41, 5.74) is 5.73. The Labute approximate surface area is 208 Å². The quantitative estimate of drug-likeness (QED) is 0.454. The summed E-state index contributed by atoms with van der Waals surface area (Å²) in [5, 5.41) is 4.79. The number of aromatic nitrogens is 1. The molecule has 0 aliphatic carbocycles. The van der Waals surface area contributed by atoms with Gasteiger partial charge in [-0.15, -0.1) is 0 Å². The second kappa shape index (κ2) is 8.47. The van der Waals surface area contributed by atoms with E-state index in [1.54, 1.807) is 0 Å². The van der Waals surface area contributed by atoms with Crippen LogP contribution < -0.4 is 10.2 Å². The van der Waals surface area contributed by atoms with Crippen molar-refractivity contribution in [3.63, 3.8) is 0 Å². The minimum atomic E-state index is -0.273. The lowest BCUT2D eigenvalue weighted by Crippen LogP contribution is -2.51. The van der Waals surface area contributed by atoms with Crippen LogP contribution >= 0.6 is 11.6 Å². The van der Waals surface area contributed by atoms with Crippen LogP contribution in [0.2, 0.25) is 5.02 Å². The van der Waals surface area contributed by atoms with Gasteiger partial charge in [-0.2, -0.15) is 0 Å². The maximum Gasteiger partial charge on any atom is 0.257 e. The van der Waals surface area contributed by atoms with Gasteiger partial charge in [-0.1, -0.05) is 60.1 Å². The SMILES string of the molecule is CN1c2ccccc2C(=O)N2CCc3c(n(CC(=O)NCc4ccccc4Cl)c4ccccc34)[C@@H]21. The summed E-state index contributed by atoms with van der Waals surface area (Å²) in [6.45, 7) is 1.16. The molecule has 0 unspecified atom stereocenters. The van der Waals surface area contributed by atoms with Gasteiger partial charge in [0.1, 0.15) is 12.7 Å². The van der Waals surface area contributed by atoms with Gasteiger partial charge in [-0.05, 0) is 41.8 Å². The van der Waals surface area contributed by atoms with Gasteiger partial charge in [0.15, 0.2) is 0 Å². The predicted octanol–water partition coefficient (Wildman–Crippen LogP) is 4.76. The summed E-state index contributed by atoms with van der Waals surface area (Å²) < 4.78 is 2.08. The molecule has 6 nitrogen and oxygen atoms in total. The first-order chi connectivity index (χ1) is 17.0. The first-order valence-corrected chi connectivity index (χ1v) is 12.2. The fraction of sp³-hybridized carbons (Fsp3) is 0.214. The van der Waals surface area contributed by atoms with Crippen LogP contribution in [-0.2, 0) is 24.3 Å². The number of amides is 2. The standard InChI is InChI=1S/C28H25ClN4O2/c1-31-23-12-6-4-10-21(23)28(35)32-15-14-20-19-9-3-7-13-24(19)33(26(20)27(31)32)17-25(34)30-16-18-8-2-5-11-22(18)29/h2-13,27H,14-17H2,1H3,(H,30,34)/t27-/m1/s1. The maximum absolute atomic E-state index is 13.4. The van der Waals surface area contributed by atoms with Crippen LogP contribution in [0, 0.1) is 0 Å². The molecule has 0 bridgehead atoms. The second-order valence-electron chi connectivity index (χ2n) is 9.09. The third-order valence-electron chi connectivity index (χ3n) is 7.14. The zero-order valence-electron chi connectivity index (χ0n) is 19.4. The van der Waals surface area contributed by atoms with Crippen molar-refractivity contribution in [2.75, 3.05) is 18.5 Å². The number of nitrogens with one attached hydrogen (secondary N) is 1. The highest BCUT2D eigenvalue weighted by molar-refractivity contribution is 6.31. The van der Waals surface area contributed by atoms with Crippen LogP contribution in [0.1, 0.15) is 33.3 Å². The summed E-state index contributed by atoms with van der Waals surface area (Å²) in [6, 6.07) is 23.4. The average molecular weight is 485 g/mol. The molecule has 4 aromatic rings. The zero-order chi connectivity index (χ0) is 24.1.